The number of hydrogen-bond acceptors (Lipinski definition) is 2. The summed E-state index contributed by atoms with van der Waals surface area (Å²) in [5, 5.41) is 4.09. The van der Waals surface area contributed by atoms with Crippen LogP contribution in [-0.4, -0.2) is 49.2 Å². The van der Waals surface area contributed by atoms with E-state index >= 15 is 0 Å². The van der Waals surface area contributed by atoms with E-state index in [1.807, 2.05) is 5.32 Å². The Morgan fingerprint density at radius 3 is 2.00 bits per heavy atom. The van der Waals surface area contributed by atoms with Crippen LogP contribution in [0.15, 0.2) is 0 Å². The molecule has 3 amide bonds. The highest BCUT2D eigenvalue weighted by Gasteiger charge is 2.43. The first-order valence-electron chi connectivity index (χ1n) is 6.35. The van der Waals surface area contributed by atoms with Gasteiger partial charge in [-0.25, -0.2) is 4.79 Å². The molecule has 3 atom stereocenters. The summed E-state index contributed by atoms with van der Waals surface area (Å²) >= 11 is 0. The standard InChI is InChI=1S/C12H22F3N3O2/c1-6-7(2)9(12(13,14)15)17-11(20)16-8(3)10(19)18(4)5/h7-9H,6H2,1-5H3,(H2,16,17,20)/t7?,8-,9?/m0/s1. The lowest BCUT2D eigenvalue weighted by Gasteiger charge is -2.27. The minimum Gasteiger partial charge on any atom is -0.347 e. The number of nitrogens with zero attached hydrogens (tertiary/aromatic N) is 1. The lowest BCUT2D eigenvalue weighted by Crippen LogP contribution is -2.55. The normalized spacial score (nSPS) is 16.0. The van der Waals surface area contributed by atoms with Gasteiger partial charge in [-0.15, -0.1) is 0 Å². The van der Waals surface area contributed by atoms with Crippen LogP contribution in [0.4, 0.5) is 18.0 Å². The predicted molar refractivity (Wildman–Crippen MR) is 69.1 cm³/mol. The molecule has 0 saturated carbocycles. The van der Waals surface area contributed by atoms with Crippen molar-refractivity contribution in [3.63, 3.8) is 0 Å². The molecule has 0 aliphatic rings. The number of nitrogens with one attached hydrogen (secondary N) is 2. The lowest BCUT2D eigenvalue weighted by atomic mass is 9.99. The number of amides is 3. The highest BCUT2D eigenvalue weighted by molar-refractivity contribution is 5.86. The van der Waals surface area contributed by atoms with Gasteiger partial charge in [0.2, 0.25) is 5.91 Å². The number of likely N-dealkylation sites (N-methyl/N-ethyl adjacent to an activating group) is 1. The molecule has 118 valence electrons. The quantitative estimate of drug-likeness (QED) is 0.812. The van der Waals surface area contributed by atoms with Crippen molar-refractivity contribution < 1.29 is 22.8 Å². The number of carbonyl (C=O) groups excluding carboxylic acids is 2. The van der Waals surface area contributed by atoms with Crippen LogP contribution in [0.5, 0.6) is 0 Å². The molecule has 0 fully saturated rings. The number of carbonyl (C=O) groups is 2. The summed E-state index contributed by atoms with van der Waals surface area (Å²) in [5.41, 5.74) is 0. The van der Waals surface area contributed by atoms with E-state index < -0.39 is 36.1 Å². The molecule has 0 aliphatic heterocycles. The molecule has 0 heterocycles. The lowest BCUT2D eigenvalue weighted by molar-refractivity contribution is -0.163. The molecule has 0 spiro atoms. The second kappa shape index (κ2) is 7.35. The maximum absolute atomic E-state index is 12.8. The molecule has 0 aromatic rings. The highest BCUT2D eigenvalue weighted by atomic mass is 19.4. The van der Waals surface area contributed by atoms with Crippen LogP contribution in [-0.2, 0) is 4.79 Å². The Balaban J connectivity index is 4.67. The minimum absolute atomic E-state index is 0.274. The monoisotopic (exact) mass is 297 g/mol. The van der Waals surface area contributed by atoms with Crippen molar-refractivity contribution >= 4 is 11.9 Å². The van der Waals surface area contributed by atoms with Gasteiger partial charge in [0, 0.05) is 14.1 Å². The van der Waals surface area contributed by atoms with E-state index in [2.05, 4.69) is 5.32 Å². The number of alkyl halides is 3. The van der Waals surface area contributed by atoms with Crippen molar-refractivity contribution in [1.29, 1.82) is 0 Å². The average molecular weight is 297 g/mol. The summed E-state index contributed by atoms with van der Waals surface area (Å²) in [7, 11) is 2.99. The van der Waals surface area contributed by atoms with Crippen LogP contribution in [0.3, 0.4) is 0 Å². The van der Waals surface area contributed by atoms with E-state index in [4.69, 9.17) is 0 Å². The first-order valence-corrected chi connectivity index (χ1v) is 6.35. The van der Waals surface area contributed by atoms with Crippen LogP contribution >= 0.6 is 0 Å². The van der Waals surface area contributed by atoms with Crippen molar-refractivity contribution in [2.45, 2.75) is 45.5 Å². The fourth-order valence-electron chi connectivity index (χ4n) is 1.61. The largest absolute Gasteiger partial charge is 0.408 e. The van der Waals surface area contributed by atoms with Crippen molar-refractivity contribution in [2.24, 2.45) is 5.92 Å². The van der Waals surface area contributed by atoms with E-state index in [0.29, 0.717) is 0 Å². The van der Waals surface area contributed by atoms with Gasteiger partial charge in [-0.05, 0) is 12.8 Å². The van der Waals surface area contributed by atoms with Gasteiger partial charge >= 0.3 is 12.2 Å². The SMILES string of the molecule is CCC(C)C(NC(=O)N[C@@H](C)C(=O)N(C)C)C(F)(F)F. The number of hydrogen-bond donors (Lipinski definition) is 2. The zero-order valence-corrected chi connectivity index (χ0v) is 12.3. The molecule has 0 radical (unpaired) electrons. The first kappa shape index (κ1) is 18.5. The second-order valence-electron chi connectivity index (χ2n) is 4.98. The number of halogens is 3. The number of rotatable bonds is 5. The molecule has 0 saturated heterocycles. The summed E-state index contributed by atoms with van der Waals surface area (Å²) in [4.78, 5) is 24.3. The van der Waals surface area contributed by atoms with Crippen LogP contribution in [0.1, 0.15) is 27.2 Å². The van der Waals surface area contributed by atoms with E-state index in [9.17, 15) is 22.8 Å². The zero-order chi connectivity index (χ0) is 16.1. The van der Waals surface area contributed by atoms with Gasteiger partial charge in [0.1, 0.15) is 12.1 Å². The Kier molecular flexibility index (Phi) is 6.81. The van der Waals surface area contributed by atoms with Gasteiger partial charge < -0.3 is 15.5 Å². The van der Waals surface area contributed by atoms with E-state index in [1.165, 1.54) is 32.8 Å². The second-order valence-corrected chi connectivity index (χ2v) is 4.98. The molecule has 5 nitrogen and oxygen atoms in total. The summed E-state index contributed by atoms with van der Waals surface area (Å²) in [6.45, 7) is 4.43. The molecule has 2 unspecified atom stereocenters. The topological polar surface area (TPSA) is 61.4 Å². The summed E-state index contributed by atoms with van der Waals surface area (Å²) in [5.74, 6) is -1.15. The third-order valence-corrected chi connectivity index (χ3v) is 3.01. The molecule has 0 rings (SSSR count). The molecule has 20 heavy (non-hydrogen) atoms. The third-order valence-electron chi connectivity index (χ3n) is 3.01. The fourth-order valence-corrected chi connectivity index (χ4v) is 1.61. The maximum atomic E-state index is 12.8. The Hall–Kier alpha value is -1.47. The Labute approximate surface area is 116 Å². The van der Waals surface area contributed by atoms with Gasteiger partial charge in [0.05, 0.1) is 0 Å². The van der Waals surface area contributed by atoms with Gasteiger partial charge in [-0.2, -0.15) is 13.2 Å². The van der Waals surface area contributed by atoms with Crippen LogP contribution in [0.2, 0.25) is 0 Å². The average Bonchev–Trinajstić information content (AvgIpc) is 2.32. The van der Waals surface area contributed by atoms with Crippen molar-refractivity contribution in [3.05, 3.63) is 0 Å². The van der Waals surface area contributed by atoms with E-state index in [0.717, 1.165) is 0 Å². The number of urea groups is 1. The summed E-state index contributed by atoms with van der Waals surface area (Å²) in [6, 6.07) is -3.83. The molecule has 0 aliphatic carbocycles. The van der Waals surface area contributed by atoms with Crippen LogP contribution < -0.4 is 10.6 Å². The Morgan fingerprint density at radius 1 is 1.15 bits per heavy atom. The molecule has 2 N–H and O–H groups in total. The Morgan fingerprint density at radius 2 is 1.65 bits per heavy atom. The zero-order valence-electron chi connectivity index (χ0n) is 12.3. The van der Waals surface area contributed by atoms with E-state index in [-0.39, 0.29) is 6.42 Å². The minimum atomic E-state index is -4.53. The van der Waals surface area contributed by atoms with Gasteiger partial charge in [-0.3, -0.25) is 4.79 Å². The van der Waals surface area contributed by atoms with Crippen LogP contribution in [0.25, 0.3) is 0 Å². The first-order chi connectivity index (χ1) is 9.00. The van der Waals surface area contributed by atoms with Crippen molar-refractivity contribution in [3.8, 4) is 0 Å². The molecule has 0 bridgehead atoms. The fraction of sp³-hybridized carbons (Fsp3) is 0.833. The molecular formula is C12H22F3N3O2. The van der Waals surface area contributed by atoms with E-state index in [1.54, 1.807) is 6.92 Å². The van der Waals surface area contributed by atoms with Gasteiger partial charge in [0.25, 0.3) is 0 Å². The van der Waals surface area contributed by atoms with Crippen LogP contribution in [0, 0.1) is 5.92 Å². The molecular weight excluding hydrogens is 275 g/mol. The predicted octanol–water partition coefficient (Wildman–Crippen LogP) is 1.74. The molecule has 0 aromatic heterocycles. The van der Waals surface area contributed by atoms with Crippen molar-refractivity contribution in [1.82, 2.24) is 15.5 Å². The smallest absolute Gasteiger partial charge is 0.347 e. The Bertz CT molecular complexity index is 345. The van der Waals surface area contributed by atoms with Crippen molar-refractivity contribution in [2.75, 3.05) is 14.1 Å². The van der Waals surface area contributed by atoms with Gasteiger partial charge in [-0.1, -0.05) is 20.3 Å². The summed E-state index contributed by atoms with van der Waals surface area (Å²) in [6.07, 6.45) is -4.25. The maximum Gasteiger partial charge on any atom is 0.408 e. The van der Waals surface area contributed by atoms with Gasteiger partial charge in [0.15, 0.2) is 0 Å². The molecule has 0 aromatic carbocycles. The third kappa shape index (κ3) is 5.66. The summed E-state index contributed by atoms with van der Waals surface area (Å²) < 4.78 is 38.5. The highest BCUT2D eigenvalue weighted by Crippen LogP contribution is 2.27. The molecule has 8 heteroatoms.